The van der Waals surface area contributed by atoms with Gasteiger partial charge in [0.25, 0.3) is 0 Å². The first-order chi connectivity index (χ1) is 12.6. The molecule has 0 fully saturated rings. The third-order valence-electron chi connectivity index (χ3n) is 4.95. The van der Waals surface area contributed by atoms with Gasteiger partial charge in [-0.1, -0.05) is 36.4 Å². The van der Waals surface area contributed by atoms with Crippen LogP contribution < -0.4 is 9.80 Å². The summed E-state index contributed by atoms with van der Waals surface area (Å²) < 4.78 is 0. The molecular weight excluding hydrogens is 326 g/mol. The summed E-state index contributed by atoms with van der Waals surface area (Å²) in [5.41, 5.74) is 3.86. The standard InChI is InChI=1S/C21H21N3O2/c1-23(14-19(25)26)21-20-16(9-11-22-21)7-4-8-18(20)24-12-10-15-5-2-3-6-17(15)13-24/h2-9,11H,10,12-14H2,1H3,(H,25,26). The van der Waals surface area contributed by atoms with Crippen LogP contribution in [-0.4, -0.2) is 36.2 Å². The van der Waals surface area contributed by atoms with Crippen molar-refractivity contribution in [1.82, 2.24) is 4.98 Å². The number of nitrogens with zero attached hydrogens (tertiary/aromatic N) is 3. The minimum Gasteiger partial charge on any atom is -0.480 e. The zero-order valence-corrected chi connectivity index (χ0v) is 14.7. The molecule has 0 saturated carbocycles. The number of hydrogen-bond acceptors (Lipinski definition) is 4. The van der Waals surface area contributed by atoms with E-state index in [1.165, 1.54) is 11.1 Å². The summed E-state index contributed by atoms with van der Waals surface area (Å²) in [6.45, 7) is 1.71. The highest BCUT2D eigenvalue weighted by molar-refractivity contribution is 6.02. The van der Waals surface area contributed by atoms with Crippen molar-refractivity contribution < 1.29 is 9.90 Å². The fourth-order valence-corrected chi connectivity index (χ4v) is 3.72. The van der Waals surface area contributed by atoms with Crippen molar-refractivity contribution in [2.24, 2.45) is 0 Å². The molecule has 5 nitrogen and oxygen atoms in total. The first-order valence-electron chi connectivity index (χ1n) is 8.76. The summed E-state index contributed by atoms with van der Waals surface area (Å²) >= 11 is 0. The Hall–Kier alpha value is -3.08. The van der Waals surface area contributed by atoms with Gasteiger partial charge < -0.3 is 14.9 Å². The Balaban J connectivity index is 1.79. The van der Waals surface area contributed by atoms with Gasteiger partial charge in [-0.15, -0.1) is 0 Å². The van der Waals surface area contributed by atoms with E-state index in [1.807, 2.05) is 6.07 Å². The van der Waals surface area contributed by atoms with Gasteiger partial charge >= 0.3 is 5.97 Å². The molecule has 0 unspecified atom stereocenters. The molecule has 3 aromatic rings. The number of aromatic nitrogens is 1. The lowest BCUT2D eigenvalue weighted by molar-refractivity contribution is -0.135. The molecule has 26 heavy (non-hydrogen) atoms. The minimum atomic E-state index is -0.865. The Bertz CT molecular complexity index is 965. The van der Waals surface area contributed by atoms with Gasteiger partial charge in [0.05, 0.1) is 0 Å². The van der Waals surface area contributed by atoms with E-state index < -0.39 is 5.97 Å². The molecule has 1 N–H and O–H groups in total. The van der Waals surface area contributed by atoms with Crippen LogP contribution in [-0.2, 0) is 17.8 Å². The van der Waals surface area contributed by atoms with Crippen molar-refractivity contribution in [2.75, 3.05) is 29.9 Å². The van der Waals surface area contributed by atoms with Crippen LogP contribution in [0.3, 0.4) is 0 Å². The normalized spacial score (nSPS) is 13.5. The molecule has 1 aromatic heterocycles. The Morgan fingerprint density at radius 2 is 1.96 bits per heavy atom. The van der Waals surface area contributed by atoms with Crippen molar-refractivity contribution in [2.45, 2.75) is 13.0 Å². The van der Waals surface area contributed by atoms with E-state index in [-0.39, 0.29) is 6.54 Å². The highest BCUT2D eigenvalue weighted by atomic mass is 16.4. The van der Waals surface area contributed by atoms with Crippen molar-refractivity contribution >= 4 is 28.2 Å². The van der Waals surface area contributed by atoms with Crippen LogP contribution in [0.1, 0.15) is 11.1 Å². The number of carboxylic acids is 1. The van der Waals surface area contributed by atoms with Gasteiger partial charge in [-0.05, 0) is 35.1 Å². The molecule has 2 aromatic carbocycles. The zero-order chi connectivity index (χ0) is 18.1. The molecule has 0 spiro atoms. The average Bonchev–Trinajstić information content (AvgIpc) is 2.66. The average molecular weight is 347 g/mol. The molecule has 4 rings (SSSR count). The number of rotatable bonds is 4. The number of carboxylic acid groups (broad SMARTS) is 1. The van der Waals surface area contributed by atoms with Gasteiger partial charge in [-0.3, -0.25) is 4.79 Å². The lowest BCUT2D eigenvalue weighted by Crippen LogP contribution is -2.31. The maximum absolute atomic E-state index is 11.2. The maximum Gasteiger partial charge on any atom is 0.323 e. The fourth-order valence-electron chi connectivity index (χ4n) is 3.72. The number of benzene rings is 2. The largest absolute Gasteiger partial charge is 0.480 e. The number of pyridine rings is 1. The van der Waals surface area contributed by atoms with E-state index in [1.54, 1.807) is 18.1 Å². The van der Waals surface area contributed by atoms with Gasteiger partial charge in [0, 0.05) is 37.4 Å². The first kappa shape index (κ1) is 16.4. The predicted molar refractivity (Wildman–Crippen MR) is 104 cm³/mol. The molecule has 2 heterocycles. The Kier molecular flexibility index (Phi) is 4.21. The van der Waals surface area contributed by atoms with E-state index in [4.69, 9.17) is 5.11 Å². The van der Waals surface area contributed by atoms with Crippen LogP contribution >= 0.6 is 0 Å². The molecule has 0 amide bonds. The van der Waals surface area contributed by atoms with E-state index in [0.717, 1.165) is 36.0 Å². The number of fused-ring (bicyclic) bond motifs is 2. The highest BCUT2D eigenvalue weighted by Gasteiger charge is 2.20. The topological polar surface area (TPSA) is 56.7 Å². The first-order valence-corrected chi connectivity index (χ1v) is 8.76. The molecule has 0 atom stereocenters. The summed E-state index contributed by atoms with van der Waals surface area (Å²) in [7, 11) is 1.78. The van der Waals surface area contributed by atoms with Crippen LogP contribution in [0.15, 0.2) is 54.7 Å². The summed E-state index contributed by atoms with van der Waals surface area (Å²) in [4.78, 5) is 19.7. The number of carbonyl (C=O) groups is 1. The number of anilines is 2. The van der Waals surface area contributed by atoms with Crippen LogP contribution in [0.4, 0.5) is 11.5 Å². The summed E-state index contributed by atoms with van der Waals surface area (Å²) in [6.07, 6.45) is 2.75. The van der Waals surface area contributed by atoms with Crippen LogP contribution in [0.5, 0.6) is 0 Å². The number of likely N-dealkylation sites (N-methyl/N-ethyl adjacent to an activating group) is 1. The molecule has 0 radical (unpaired) electrons. The minimum absolute atomic E-state index is 0.0801. The van der Waals surface area contributed by atoms with Gasteiger partial charge in [0.2, 0.25) is 0 Å². The second-order valence-electron chi connectivity index (χ2n) is 6.70. The van der Waals surface area contributed by atoms with Crippen molar-refractivity contribution in [3.05, 3.63) is 65.9 Å². The predicted octanol–water partition coefficient (Wildman–Crippen LogP) is 3.32. The fraction of sp³-hybridized carbons (Fsp3) is 0.238. The molecular formula is C21H21N3O2. The van der Waals surface area contributed by atoms with Crippen molar-refractivity contribution in [3.8, 4) is 0 Å². The monoisotopic (exact) mass is 347 g/mol. The maximum atomic E-state index is 11.2. The zero-order valence-electron chi connectivity index (χ0n) is 14.7. The number of aliphatic carboxylic acids is 1. The third kappa shape index (κ3) is 2.96. The molecule has 132 valence electrons. The van der Waals surface area contributed by atoms with Crippen molar-refractivity contribution in [3.63, 3.8) is 0 Å². The van der Waals surface area contributed by atoms with Gasteiger partial charge in [0.1, 0.15) is 12.4 Å². The molecule has 0 bridgehead atoms. The van der Waals surface area contributed by atoms with Gasteiger partial charge in [-0.25, -0.2) is 4.98 Å². The molecule has 0 aliphatic carbocycles. The summed E-state index contributed by atoms with van der Waals surface area (Å²) in [5.74, 6) is -0.157. The lowest BCUT2D eigenvalue weighted by Gasteiger charge is -2.32. The van der Waals surface area contributed by atoms with Crippen molar-refractivity contribution in [1.29, 1.82) is 0 Å². The Labute approximate surface area is 152 Å². The molecule has 0 saturated heterocycles. The third-order valence-corrected chi connectivity index (χ3v) is 4.95. The SMILES string of the molecule is CN(CC(=O)O)c1nccc2cccc(N3CCc4ccccc4C3)c12. The van der Waals surface area contributed by atoms with E-state index in [9.17, 15) is 4.79 Å². The molecule has 1 aliphatic heterocycles. The Morgan fingerprint density at radius 3 is 2.77 bits per heavy atom. The smallest absolute Gasteiger partial charge is 0.323 e. The quantitative estimate of drug-likeness (QED) is 0.785. The molecule has 1 aliphatic rings. The van der Waals surface area contributed by atoms with E-state index >= 15 is 0 Å². The highest BCUT2D eigenvalue weighted by Crippen LogP contribution is 2.35. The van der Waals surface area contributed by atoms with Crippen LogP contribution in [0.2, 0.25) is 0 Å². The van der Waals surface area contributed by atoms with Gasteiger partial charge in [0.15, 0.2) is 0 Å². The van der Waals surface area contributed by atoms with Crippen LogP contribution in [0.25, 0.3) is 10.8 Å². The molecule has 5 heteroatoms. The number of hydrogen-bond donors (Lipinski definition) is 1. The Morgan fingerprint density at radius 1 is 1.15 bits per heavy atom. The van der Waals surface area contributed by atoms with E-state index in [2.05, 4.69) is 52.3 Å². The lowest BCUT2D eigenvalue weighted by atomic mass is 9.98. The van der Waals surface area contributed by atoms with E-state index in [0.29, 0.717) is 5.82 Å². The van der Waals surface area contributed by atoms with Crippen LogP contribution in [0, 0.1) is 0 Å². The van der Waals surface area contributed by atoms with Gasteiger partial charge in [-0.2, -0.15) is 0 Å². The summed E-state index contributed by atoms with van der Waals surface area (Å²) in [6, 6.07) is 16.8. The summed E-state index contributed by atoms with van der Waals surface area (Å²) in [5, 5.41) is 11.2. The second-order valence-corrected chi connectivity index (χ2v) is 6.70. The second kappa shape index (κ2) is 6.67.